The molecule has 1 aromatic heterocycles. The maximum atomic E-state index is 5.68. The second kappa shape index (κ2) is 4.70. The van der Waals surface area contributed by atoms with Gasteiger partial charge in [-0.15, -0.1) is 11.8 Å². The molecular weight excluding hydrogens is 192 g/mol. The molecule has 1 rings (SSSR count). The van der Waals surface area contributed by atoms with Crippen LogP contribution in [0.3, 0.4) is 0 Å². The minimum Gasteiger partial charge on any atom is -0.327 e. The van der Waals surface area contributed by atoms with Crippen molar-refractivity contribution in [2.24, 2.45) is 5.73 Å². The summed E-state index contributed by atoms with van der Waals surface area (Å²) in [5.41, 5.74) is 5.60. The molecular formula is C8H11ClN2S. The van der Waals surface area contributed by atoms with E-state index in [2.05, 4.69) is 4.98 Å². The summed E-state index contributed by atoms with van der Waals surface area (Å²) in [6, 6.07) is 3.93. The molecule has 0 saturated heterocycles. The van der Waals surface area contributed by atoms with Crippen LogP contribution in [0.15, 0.2) is 23.4 Å². The molecule has 66 valence electrons. The van der Waals surface area contributed by atoms with Gasteiger partial charge in [0.15, 0.2) is 0 Å². The van der Waals surface area contributed by atoms with E-state index in [0.29, 0.717) is 5.02 Å². The van der Waals surface area contributed by atoms with Crippen LogP contribution < -0.4 is 5.73 Å². The lowest BCUT2D eigenvalue weighted by Gasteiger charge is -2.03. The summed E-state index contributed by atoms with van der Waals surface area (Å²) in [4.78, 5) is 4.13. The van der Waals surface area contributed by atoms with E-state index in [1.165, 1.54) is 0 Å². The van der Waals surface area contributed by atoms with Crippen molar-refractivity contribution in [1.29, 1.82) is 0 Å². The summed E-state index contributed by atoms with van der Waals surface area (Å²) in [6.07, 6.45) is 1.64. The fraction of sp³-hybridized carbons (Fsp3) is 0.375. The average molecular weight is 203 g/mol. The molecule has 0 fully saturated rings. The highest BCUT2D eigenvalue weighted by Gasteiger charge is 1.97. The Morgan fingerprint density at radius 3 is 2.92 bits per heavy atom. The molecule has 1 aromatic rings. The minimum atomic E-state index is 0.201. The molecule has 12 heavy (non-hydrogen) atoms. The Morgan fingerprint density at radius 2 is 2.42 bits per heavy atom. The van der Waals surface area contributed by atoms with Gasteiger partial charge in [0.1, 0.15) is 0 Å². The number of aromatic nitrogens is 1. The quantitative estimate of drug-likeness (QED) is 0.764. The lowest BCUT2D eigenvalue weighted by atomic mass is 10.4. The van der Waals surface area contributed by atoms with Crippen molar-refractivity contribution in [1.82, 2.24) is 4.98 Å². The van der Waals surface area contributed by atoms with E-state index in [1.807, 2.05) is 19.1 Å². The van der Waals surface area contributed by atoms with E-state index in [1.54, 1.807) is 18.0 Å². The molecule has 0 unspecified atom stereocenters. The number of hydrogen-bond donors (Lipinski definition) is 1. The van der Waals surface area contributed by atoms with Gasteiger partial charge in [0.05, 0.1) is 10.0 Å². The van der Waals surface area contributed by atoms with Crippen molar-refractivity contribution in [3.05, 3.63) is 23.4 Å². The van der Waals surface area contributed by atoms with Gasteiger partial charge in [-0.1, -0.05) is 11.6 Å². The van der Waals surface area contributed by atoms with Gasteiger partial charge >= 0.3 is 0 Å². The van der Waals surface area contributed by atoms with E-state index < -0.39 is 0 Å². The van der Waals surface area contributed by atoms with Crippen LogP contribution in [0.25, 0.3) is 0 Å². The Bertz CT molecular complexity index is 235. The highest BCUT2D eigenvalue weighted by atomic mass is 35.5. The van der Waals surface area contributed by atoms with E-state index >= 15 is 0 Å². The van der Waals surface area contributed by atoms with Gasteiger partial charge in [0, 0.05) is 18.0 Å². The fourth-order valence-electron chi connectivity index (χ4n) is 0.664. The normalized spacial score (nSPS) is 12.9. The van der Waals surface area contributed by atoms with Crippen LogP contribution in [0.2, 0.25) is 5.02 Å². The topological polar surface area (TPSA) is 38.9 Å². The first-order valence-electron chi connectivity index (χ1n) is 3.68. The molecule has 0 aromatic carbocycles. The lowest BCUT2D eigenvalue weighted by Crippen LogP contribution is -2.17. The number of nitrogens with two attached hydrogens (primary N) is 1. The number of hydrogen-bond acceptors (Lipinski definition) is 3. The number of nitrogens with zero attached hydrogens (tertiary/aromatic N) is 1. The SMILES string of the molecule is C[C@@H](N)CSc1ccc(Cl)cn1. The van der Waals surface area contributed by atoms with Gasteiger partial charge in [0.2, 0.25) is 0 Å². The molecule has 2 nitrogen and oxygen atoms in total. The summed E-state index contributed by atoms with van der Waals surface area (Å²) >= 11 is 7.32. The third-order valence-corrected chi connectivity index (χ3v) is 2.65. The van der Waals surface area contributed by atoms with Crippen LogP contribution in [-0.4, -0.2) is 16.8 Å². The predicted molar refractivity (Wildman–Crippen MR) is 53.6 cm³/mol. The molecule has 2 N–H and O–H groups in total. The first-order valence-corrected chi connectivity index (χ1v) is 5.05. The number of rotatable bonds is 3. The highest BCUT2D eigenvalue weighted by molar-refractivity contribution is 7.99. The van der Waals surface area contributed by atoms with E-state index in [0.717, 1.165) is 10.8 Å². The molecule has 0 saturated carbocycles. The molecule has 0 bridgehead atoms. The molecule has 0 aliphatic rings. The van der Waals surface area contributed by atoms with Crippen LogP contribution in [0.4, 0.5) is 0 Å². The third-order valence-electron chi connectivity index (χ3n) is 1.19. The van der Waals surface area contributed by atoms with Crippen molar-refractivity contribution in [3.8, 4) is 0 Å². The maximum Gasteiger partial charge on any atom is 0.0961 e. The zero-order valence-electron chi connectivity index (χ0n) is 6.83. The predicted octanol–water partition coefficient (Wildman–Crippen LogP) is 2.17. The van der Waals surface area contributed by atoms with E-state index in [4.69, 9.17) is 17.3 Å². The van der Waals surface area contributed by atoms with Crippen molar-refractivity contribution in [3.63, 3.8) is 0 Å². The Balaban J connectivity index is 2.48. The second-order valence-electron chi connectivity index (χ2n) is 2.60. The molecule has 1 heterocycles. The molecule has 4 heteroatoms. The first-order chi connectivity index (χ1) is 5.68. The van der Waals surface area contributed by atoms with Gasteiger partial charge in [-0.05, 0) is 19.1 Å². The molecule has 0 radical (unpaired) electrons. The standard InChI is InChI=1S/C8H11ClN2S/c1-6(10)5-12-8-3-2-7(9)4-11-8/h2-4,6H,5,10H2,1H3/t6-/m1/s1. The van der Waals surface area contributed by atoms with Crippen molar-refractivity contribution >= 4 is 23.4 Å². The van der Waals surface area contributed by atoms with Crippen LogP contribution in [0, 0.1) is 0 Å². The maximum absolute atomic E-state index is 5.68. The summed E-state index contributed by atoms with van der Waals surface area (Å²) < 4.78 is 0. The summed E-state index contributed by atoms with van der Waals surface area (Å²) in [6.45, 7) is 1.98. The van der Waals surface area contributed by atoms with Crippen LogP contribution >= 0.6 is 23.4 Å². The highest BCUT2D eigenvalue weighted by Crippen LogP contribution is 2.17. The zero-order chi connectivity index (χ0) is 8.97. The number of thioether (sulfide) groups is 1. The van der Waals surface area contributed by atoms with Crippen LogP contribution in [-0.2, 0) is 0 Å². The second-order valence-corrected chi connectivity index (χ2v) is 4.08. The Labute approximate surface area is 81.5 Å². The van der Waals surface area contributed by atoms with Crippen molar-refractivity contribution in [2.75, 3.05) is 5.75 Å². The number of halogens is 1. The third kappa shape index (κ3) is 3.43. The fourth-order valence-corrected chi connectivity index (χ4v) is 1.50. The van der Waals surface area contributed by atoms with Crippen LogP contribution in [0.1, 0.15) is 6.92 Å². The lowest BCUT2D eigenvalue weighted by molar-refractivity contribution is 0.846. The largest absolute Gasteiger partial charge is 0.327 e. The van der Waals surface area contributed by atoms with Gasteiger partial charge in [-0.3, -0.25) is 0 Å². The summed E-state index contributed by atoms with van der Waals surface area (Å²) in [5, 5.41) is 1.64. The zero-order valence-corrected chi connectivity index (χ0v) is 8.40. The van der Waals surface area contributed by atoms with E-state index in [-0.39, 0.29) is 6.04 Å². The summed E-state index contributed by atoms with van der Waals surface area (Å²) in [5.74, 6) is 0.884. The molecule has 0 aliphatic heterocycles. The van der Waals surface area contributed by atoms with Crippen molar-refractivity contribution < 1.29 is 0 Å². The molecule has 0 spiro atoms. The average Bonchev–Trinajstić information content (AvgIpc) is 2.03. The Kier molecular flexibility index (Phi) is 3.85. The monoisotopic (exact) mass is 202 g/mol. The molecule has 1 atom stereocenters. The van der Waals surface area contributed by atoms with Gasteiger partial charge < -0.3 is 5.73 Å². The number of pyridine rings is 1. The van der Waals surface area contributed by atoms with Gasteiger partial charge in [-0.2, -0.15) is 0 Å². The van der Waals surface area contributed by atoms with Crippen molar-refractivity contribution in [2.45, 2.75) is 18.0 Å². The minimum absolute atomic E-state index is 0.201. The first kappa shape index (κ1) is 9.84. The summed E-state index contributed by atoms with van der Waals surface area (Å²) in [7, 11) is 0. The smallest absolute Gasteiger partial charge is 0.0961 e. The molecule has 0 aliphatic carbocycles. The van der Waals surface area contributed by atoms with Gasteiger partial charge in [0.25, 0.3) is 0 Å². The molecule has 0 amide bonds. The Hall–Kier alpha value is -0.250. The van der Waals surface area contributed by atoms with Crippen LogP contribution in [0.5, 0.6) is 0 Å². The Morgan fingerprint density at radius 1 is 1.67 bits per heavy atom. The van der Waals surface area contributed by atoms with Gasteiger partial charge in [-0.25, -0.2) is 4.98 Å². The van der Waals surface area contributed by atoms with E-state index in [9.17, 15) is 0 Å².